The Labute approximate surface area is 70.8 Å². The van der Waals surface area contributed by atoms with Crippen molar-refractivity contribution in [1.29, 1.82) is 0 Å². The first kappa shape index (κ1) is 9.05. The molecule has 0 aromatic rings. The van der Waals surface area contributed by atoms with E-state index in [2.05, 4.69) is 32.6 Å². The van der Waals surface area contributed by atoms with Crippen LogP contribution in [0.3, 0.4) is 0 Å². The van der Waals surface area contributed by atoms with Gasteiger partial charge in [-0.1, -0.05) is 13.8 Å². The molecule has 1 saturated heterocycles. The molecule has 11 heavy (non-hydrogen) atoms. The molecule has 0 bridgehead atoms. The van der Waals surface area contributed by atoms with E-state index in [1.807, 2.05) is 0 Å². The van der Waals surface area contributed by atoms with Gasteiger partial charge in [0.25, 0.3) is 0 Å². The predicted octanol–water partition coefficient (Wildman–Crippen LogP) is 2.52. The van der Waals surface area contributed by atoms with Crippen LogP contribution >= 0.6 is 0 Å². The van der Waals surface area contributed by atoms with Gasteiger partial charge in [-0.3, -0.25) is 4.90 Å². The standard InChI is InChI=1S/C10H21N/c1-8(2)10-6-5-7-11(10)9(3)4/h8-10H,5-7H2,1-4H3. The average Bonchev–Trinajstić information content (AvgIpc) is 2.32. The summed E-state index contributed by atoms with van der Waals surface area (Å²) < 4.78 is 0. The van der Waals surface area contributed by atoms with E-state index in [1.165, 1.54) is 19.4 Å². The summed E-state index contributed by atoms with van der Waals surface area (Å²) in [6, 6.07) is 1.60. The van der Waals surface area contributed by atoms with Gasteiger partial charge in [-0.05, 0) is 39.2 Å². The zero-order valence-electron chi connectivity index (χ0n) is 8.30. The maximum atomic E-state index is 2.64. The van der Waals surface area contributed by atoms with Crippen LogP contribution in [0, 0.1) is 5.92 Å². The van der Waals surface area contributed by atoms with E-state index in [-0.39, 0.29) is 0 Å². The molecule has 0 aromatic heterocycles. The second kappa shape index (κ2) is 3.57. The molecule has 1 nitrogen and oxygen atoms in total. The second-order valence-electron chi connectivity index (χ2n) is 4.29. The Hall–Kier alpha value is -0.0400. The maximum Gasteiger partial charge on any atom is 0.0121 e. The fraction of sp³-hybridized carbons (Fsp3) is 1.00. The van der Waals surface area contributed by atoms with E-state index < -0.39 is 0 Å². The number of rotatable bonds is 2. The summed E-state index contributed by atoms with van der Waals surface area (Å²) in [5.41, 5.74) is 0. The lowest BCUT2D eigenvalue weighted by Crippen LogP contribution is -2.38. The van der Waals surface area contributed by atoms with E-state index in [0.717, 1.165) is 18.0 Å². The molecule has 0 spiro atoms. The van der Waals surface area contributed by atoms with E-state index in [9.17, 15) is 0 Å². The fourth-order valence-corrected chi connectivity index (χ4v) is 2.17. The van der Waals surface area contributed by atoms with E-state index in [0.29, 0.717) is 0 Å². The van der Waals surface area contributed by atoms with Gasteiger partial charge in [-0.2, -0.15) is 0 Å². The number of likely N-dealkylation sites (tertiary alicyclic amines) is 1. The van der Waals surface area contributed by atoms with Gasteiger partial charge in [-0.25, -0.2) is 0 Å². The Morgan fingerprint density at radius 3 is 2.18 bits per heavy atom. The van der Waals surface area contributed by atoms with Crippen LogP contribution in [0.5, 0.6) is 0 Å². The minimum absolute atomic E-state index is 0.741. The van der Waals surface area contributed by atoms with Crippen LogP contribution in [0.15, 0.2) is 0 Å². The molecule has 1 aliphatic heterocycles. The van der Waals surface area contributed by atoms with Gasteiger partial charge in [0.05, 0.1) is 0 Å². The van der Waals surface area contributed by atoms with E-state index >= 15 is 0 Å². The van der Waals surface area contributed by atoms with Crippen molar-refractivity contribution in [3.8, 4) is 0 Å². The molecule has 1 fully saturated rings. The van der Waals surface area contributed by atoms with Crippen LogP contribution < -0.4 is 0 Å². The maximum absolute atomic E-state index is 2.64. The largest absolute Gasteiger partial charge is 0.298 e. The highest BCUT2D eigenvalue weighted by atomic mass is 15.2. The molecular formula is C10H21N. The highest BCUT2D eigenvalue weighted by Crippen LogP contribution is 2.25. The van der Waals surface area contributed by atoms with Gasteiger partial charge in [-0.15, -0.1) is 0 Å². The third-order valence-corrected chi connectivity index (χ3v) is 2.78. The molecular weight excluding hydrogens is 134 g/mol. The minimum atomic E-state index is 0.741. The van der Waals surface area contributed by atoms with Crippen LogP contribution in [0.2, 0.25) is 0 Å². The summed E-state index contributed by atoms with van der Waals surface area (Å²) in [5.74, 6) is 0.833. The molecule has 0 amide bonds. The Bertz CT molecular complexity index is 104. The molecule has 1 aliphatic rings. The van der Waals surface area contributed by atoms with Crippen molar-refractivity contribution >= 4 is 0 Å². The highest BCUT2D eigenvalue weighted by molar-refractivity contribution is 4.83. The van der Waals surface area contributed by atoms with Crippen LogP contribution in [0.4, 0.5) is 0 Å². The third kappa shape index (κ3) is 1.96. The van der Waals surface area contributed by atoms with Crippen molar-refractivity contribution in [3.05, 3.63) is 0 Å². The molecule has 0 N–H and O–H groups in total. The van der Waals surface area contributed by atoms with Crippen molar-refractivity contribution in [1.82, 2.24) is 4.90 Å². The smallest absolute Gasteiger partial charge is 0.0121 e. The SMILES string of the molecule is CC(C)C1CCCN1C(C)C. The normalized spacial score (nSPS) is 27.3. The second-order valence-corrected chi connectivity index (χ2v) is 4.29. The lowest BCUT2D eigenvalue weighted by Gasteiger charge is -2.30. The Kier molecular flexibility index (Phi) is 2.94. The van der Waals surface area contributed by atoms with Crippen LogP contribution in [-0.4, -0.2) is 23.5 Å². The van der Waals surface area contributed by atoms with Crippen molar-refractivity contribution in [2.24, 2.45) is 5.92 Å². The summed E-state index contributed by atoms with van der Waals surface area (Å²) in [6.45, 7) is 10.6. The van der Waals surface area contributed by atoms with E-state index in [1.54, 1.807) is 0 Å². The molecule has 0 aromatic carbocycles. The molecule has 66 valence electrons. The summed E-state index contributed by atoms with van der Waals surface area (Å²) >= 11 is 0. The van der Waals surface area contributed by atoms with Crippen molar-refractivity contribution in [3.63, 3.8) is 0 Å². The van der Waals surface area contributed by atoms with Gasteiger partial charge in [0, 0.05) is 12.1 Å². The molecule has 1 rings (SSSR count). The molecule has 1 unspecified atom stereocenters. The number of nitrogens with zero attached hydrogens (tertiary/aromatic N) is 1. The van der Waals surface area contributed by atoms with Gasteiger partial charge in [0.2, 0.25) is 0 Å². The van der Waals surface area contributed by atoms with Crippen molar-refractivity contribution in [2.45, 2.75) is 52.6 Å². The Balaban J connectivity index is 2.51. The monoisotopic (exact) mass is 155 g/mol. The van der Waals surface area contributed by atoms with Crippen molar-refractivity contribution < 1.29 is 0 Å². The Morgan fingerprint density at radius 1 is 1.18 bits per heavy atom. The van der Waals surface area contributed by atoms with Crippen LogP contribution in [0.1, 0.15) is 40.5 Å². The molecule has 0 saturated carbocycles. The molecule has 1 atom stereocenters. The quantitative estimate of drug-likeness (QED) is 0.592. The van der Waals surface area contributed by atoms with E-state index in [4.69, 9.17) is 0 Å². The zero-order valence-corrected chi connectivity index (χ0v) is 8.30. The van der Waals surface area contributed by atoms with Crippen molar-refractivity contribution in [2.75, 3.05) is 6.54 Å². The molecule has 0 radical (unpaired) electrons. The highest BCUT2D eigenvalue weighted by Gasteiger charge is 2.28. The van der Waals surface area contributed by atoms with Gasteiger partial charge in [0.15, 0.2) is 0 Å². The van der Waals surface area contributed by atoms with Gasteiger partial charge in [0.1, 0.15) is 0 Å². The topological polar surface area (TPSA) is 3.24 Å². The predicted molar refractivity (Wildman–Crippen MR) is 49.7 cm³/mol. The van der Waals surface area contributed by atoms with Gasteiger partial charge >= 0.3 is 0 Å². The summed E-state index contributed by atoms with van der Waals surface area (Å²) in [5, 5.41) is 0. The number of hydrogen-bond acceptors (Lipinski definition) is 1. The molecule has 1 heteroatoms. The molecule has 1 heterocycles. The first-order chi connectivity index (χ1) is 5.13. The zero-order chi connectivity index (χ0) is 8.43. The Morgan fingerprint density at radius 2 is 1.82 bits per heavy atom. The summed E-state index contributed by atoms with van der Waals surface area (Å²) in [7, 11) is 0. The summed E-state index contributed by atoms with van der Waals surface area (Å²) in [4.78, 5) is 2.64. The van der Waals surface area contributed by atoms with Gasteiger partial charge < -0.3 is 0 Å². The first-order valence-electron chi connectivity index (χ1n) is 4.88. The number of hydrogen-bond donors (Lipinski definition) is 0. The molecule has 0 aliphatic carbocycles. The van der Waals surface area contributed by atoms with Crippen LogP contribution in [-0.2, 0) is 0 Å². The lowest BCUT2D eigenvalue weighted by atomic mass is 10.0. The summed E-state index contributed by atoms with van der Waals surface area (Å²) in [6.07, 6.45) is 2.82. The first-order valence-corrected chi connectivity index (χ1v) is 4.88. The minimum Gasteiger partial charge on any atom is -0.298 e. The lowest BCUT2D eigenvalue weighted by molar-refractivity contribution is 0.166. The average molecular weight is 155 g/mol. The van der Waals surface area contributed by atoms with Crippen LogP contribution in [0.25, 0.3) is 0 Å². The third-order valence-electron chi connectivity index (χ3n) is 2.78. The fourth-order valence-electron chi connectivity index (χ4n) is 2.17.